The lowest BCUT2D eigenvalue weighted by molar-refractivity contribution is -0.128. The third-order valence-corrected chi connectivity index (χ3v) is 7.89. The fraction of sp³-hybridized carbons (Fsp3) is 0.462. The molecule has 8 nitrogen and oxygen atoms in total. The smallest absolute Gasteiger partial charge is 0.409 e. The molecule has 1 aliphatic carbocycles. The van der Waals surface area contributed by atoms with Gasteiger partial charge in [-0.15, -0.1) is 0 Å². The van der Waals surface area contributed by atoms with Gasteiger partial charge in [-0.1, -0.05) is 29.8 Å². The molecule has 0 bridgehead atoms. The summed E-state index contributed by atoms with van der Waals surface area (Å²) in [7, 11) is 1.33. The number of halogens is 3. The topological polar surface area (TPSA) is 91.8 Å². The molecule has 3 aliphatic rings. The number of carbonyl (C=O) groups excluding carboxylic acids is 3. The fourth-order valence-electron chi connectivity index (χ4n) is 5.76. The summed E-state index contributed by atoms with van der Waals surface area (Å²) in [4.78, 5) is 45.2. The van der Waals surface area contributed by atoms with Gasteiger partial charge in [0.2, 0.25) is 5.91 Å². The number of aromatic nitrogens is 1. The van der Waals surface area contributed by atoms with Gasteiger partial charge in [-0.3, -0.25) is 14.6 Å². The van der Waals surface area contributed by atoms with E-state index in [1.165, 1.54) is 18.1 Å². The van der Waals surface area contributed by atoms with Gasteiger partial charge >= 0.3 is 6.09 Å². The molecule has 1 saturated heterocycles. The first kappa shape index (κ1) is 25.4. The summed E-state index contributed by atoms with van der Waals surface area (Å²) >= 11 is 5.88. The van der Waals surface area contributed by atoms with E-state index >= 15 is 0 Å². The number of carbonyl (C=O) groups is 3. The van der Waals surface area contributed by atoms with Crippen molar-refractivity contribution in [1.29, 1.82) is 0 Å². The van der Waals surface area contributed by atoms with Gasteiger partial charge in [0.1, 0.15) is 11.1 Å². The maximum Gasteiger partial charge on any atom is 0.409 e. The Morgan fingerprint density at radius 3 is 2.59 bits per heavy atom. The monoisotopic (exact) mass is 532 g/mol. The molecule has 2 aliphatic heterocycles. The molecule has 11 heteroatoms. The predicted octanol–water partition coefficient (Wildman–Crippen LogP) is 4.33. The third kappa shape index (κ3) is 4.52. The second-order valence-electron chi connectivity index (χ2n) is 9.92. The summed E-state index contributed by atoms with van der Waals surface area (Å²) in [6, 6.07) is 8.74. The molecule has 3 heterocycles. The van der Waals surface area contributed by atoms with E-state index in [1.54, 1.807) is 0 Å². The zero-order valence-electron chi connectivity index (χ0n) is 20.3. The molecule has 1 spiro atoms. The van der Waals surface area contributed by atoms with E-state index in [-0.39, 0.29) is 28.5 Å². The van der Waals surface area contributed by atoms with E-state index in [9.17, 15) is 23.2 Å². The van der Waals surface area contributed by atoms with Crippen LogP contribution < -0.4 is 10.2 Å². The van der Waals surface area contributed by atoms with Gasteiger partial charge < -0.3 is 19.9 Å². The molecule has 5 rings (SSSR count). The number of hydrogen-bond donors (Lipinski definition) is 1. The minimum Gasteiger partial charge on any atom is -0.453 e. The molecule has 196 valence electrons. The van der Waals surface area contributed by atoms with Crippen molar-refractivity contribution in [2.45, 2.75) is 43.6 Å². The number of nitrogens with one attached hydrogen (secondary N) is 1. The number of para-hydroxylation sites is 1. The van der Waals surface area contributed by atoms with E-state index in [0.29, 0.717) is 32.5 Å². The predicted molar refractivity (Wildman–Crippen MR) is 132 cm³/mol. The van der Waals surface area contributed by atoms with E-state index in [1.807, 2.05) is 29.2 Å². The van der Waals surface area contributed by atoms with Crippen LogP contribution in [0.5, 0.6) is 0 Å². The summed E-state index contributed by atoms with van der Waals surface area (Å²) in [6.45, 7) is 1.14. The highest BCUT2D eigenvalue weighted by Crippen LogP contribution is 2.48. The van der Waals surface area contributed by atoms with Gasteiger partial charge in [0.25, 0.3) is 12.3 Å². The van der Waals surface area contributed by atoms with Crippen LogP contribution in [0.2, 0.25) is 5.02 Å². The minimum atomic E-state index is -2.88. The average molecular weight is 533 g/mol. The highest BCUT2D eigenvalue weighted by atomic mass is 35.5. The lowest BCUT2D eigenvalue weighted by Gasteiger charge is -2.45. The molecule has 0 unspecified atom stereocenters. The van der Waals surface area contributed by atoms with Crippen molar-refractivity contribution in [3.05, 3.63) is 58.4 Å². The third-order valence-electron chi connectivity index (χ3n) is 7.68. The maximum atomic E-state index is 13.6. The molecule has 2 aromatic rings. The number of likely N-dealkylation sites (tertiary alicyclic amines) is 1. The van der Waals surface area contributed by atoms with Crippen molar-refractivity contribution in [2.75, 3.05) is 31.6 Å². The van der Waals surface area contributed by atoms with Crippen molar-refractivity contribution in [1.82, 2.24) is 15.2 Å². The van der Waals surface area contributed by atoms with Crippen LogP contribution in [0.1, 0.15) is 53.7 Å². The highest BCUT2D eigenvalue weighted by Gasteiger charge is 2.59. The Morgan fingerprint density at radius 2 is 1.92 bits per heavy atom. The van der Waals surface area contributed by atoms with Crippen LogP contribution in [0, 0.1) is 5.92 Å². The zero-order valence-corrected chi connectivity index (χ0v) is 21.0. The number of rotatable bonds is 5. The SMILES string of the molecule is COC(=O)N1CC2(C1)C(=O)N(C[C@H]1CC[C@H](NC(=O)c3cc(Cl)cnc3C(F)F)CC1)c1ccccc12. The van der Waals surface area contributed by atoms with Crippen LogP contribution in [0.25, 0.3) is 0 Å². The first-order chi connectivity index (χ1) is 17.7. The first-order valence-electron chi connectivity index (χ1n) is 12.2. The van der Waals surface area contributed by atoms with E-state index in [2.05, 4.69) is 10.3 Å². The van der Waals surface area contributed by atoms with Crippen LogP contribution in [0.4, 0.5) is 19.3 Å². The van der Waals surface area contributed by atoms with Gasteiger partial charge in [-0.2, -0.15) is 0 Å². The van der Waals surface area contributed by atoms with Gasteiger partial charge in [0.05, 0.1) is 17.7 Å². The second kappa shape index (κ2) is 9.89. The van der Waals surface area contributed by atoms with Gasteiger partial charge in [0.15, 0.2) is 0 Å². The number of nitrogens with zero attached hydrogens (tertiary/aromatic N) is 3. The largest absolute Gasteiger partial charge is 0.453 e. The number of ether oxygens (including phenoxy) is 1. The van der Waals surface area contributed by atoms with Crippen molar-refractivity contribution < 1.29 is 27.9 Å². The van der Waals surface area contributed by atoms with Crippen LogP contribution in [-0.4, -0.2) is 60.6 Å². The Balaban J connectivity index is 1.21. The second-order valence-corrected chi connectivity index (χ2v) is 10.4. The van der Waals surface area contributed by atoms with Crippen molar-refractivity contribution in [3.8, 4) is 0 Å². The lowest BCUT2D eigenvalue weighted by Crippen LogP contribution is -2.65. The Kier molecular flexibility index (Phi) is 6.78. The van der Waals surface area contributed by atoms with Gasteiger partial charge in [-0.25, -0.2) is 13.6 Å². The molecule has 1 saturated carbocycles. The summed E-state index contributed by atoms with van der Waals surface area (Å²) in [6.07, 6.45) is 0.654. The summed E-state index contributed by atoms with van der Waals surface area (Å²) < 4.78 is 31.4. The van der Waals surface area contributed by atoms with Crippen molar-refractivity contribution >= 4 is 35.2 Å². The number of anilines is 1. The molecule has 0 atom stereocenters. The number of pyridine rings is 1. The summed E-state index contributed by atoms with van der Waals surface area (Å²) in [5.41, 5.74) is 0.281. The molecule has 37 heavy (non-hydrogen) atoms. The Labute approximate surface area is 217 Å². The number of benzene rings is 1. The zero-order chi connectivity index (χ0) is 26.3. The number of fused-ring (bicyclic) bond motifs is 2. The van der Waals surface area contributed by atoms with Crippen LogP contribution >= 0.6 is 11.6 Å². The van der Waals surface area contributed by atoms with E-state index < -0.39 is 29.5 Å². The van der Waals surface area contributed by atoms with Crippen LogP contribution in [-0.2, 0) is 14.9 Å². The molecule has 2 fully saturated rings. The number of hydrogen-bond acceptors (Lipinski definition) is 5. The Bertz CT molecular complexity index is 1230. The van der Waals surface area contributed by atoms with E-state index in [0.717, 1.165) is 30.3 Å². The molecule has 0 radical (unpaired) electrons. The average Bonchev–Trinajstić information content (AvgIpc) is 3.11. The van der Waals surface area contributed by atoms with Crippen molar-refractivity contribution in [3.63, 3.8) is 0 Å². The van der Waals surface area contributed by atoms with Crippen LogP contribution in [0.15, 0.2) is 36.5 Å². The van der Waals surface area contributed by atoms with Crippen molar-refractivity contribution in [2.24, 2.45) is 5.92 Å². The molecule has 1 aromatic heterocycles. The number of methoxy groups -OCH3 is 1. The highest BCUT2D eigenvalue weighted by molar-refractivity contribution is 6.30. The van der Waals surface area contributed by atoms with E-state index in [4.69, 9.17) is 16.3 Å². The van der Waals surface area contributed by atoms with Crippen LogP contribution in [0.3, 0.4) is 0 Å². The fourth-order valence-corrected chi connectivity index (χ4v) is 5.92. The molecule has 1 N–H and O–H groups in total. The maximum absolute atomic E-state index is 13.6. The number of alkyl halides is 2. The minimum absolute atomic E-state index is 0.00253. The molecular formula is C26H27ClF2N4O4. The Hall–Kier alpha value is -3.27. The van der Waals surface area contributed by atoms with Gasteiger partial charge in [-0.05, 0) is 49.3 Å². The molecular weight excluding hydrogens is 506 g/mol. The molecule has 3 amide bonds. The summed E-state index contributed by atoms with van der Waals surface area (Å²) in [5.74, 6) is -0.390. The lowest BCUT2D eigenvalue weighted by atomic mass is 9.75. The standard InChI is InChI=1S/C26H27ClF2N4O4/c1-37-25(36)32-13-26(14-32)19-4-2-3-5-20(19)33(24(26)35)12-15-6-8-17(9-7-15)31-23(34)18-10-16(27)11-30-21(18)22(28)29/h2-5,10-11,15,17,22H,6-9,12-14H2,1H3,(H,31,34)/t15-,17-. The van der Waals surface area contributed by atoms with Gasteiger partial charge in [0, 0.05) is 37.6 Å². The first-order valence-corrected chi connectivity index (χ1v) is 12.6. The quantitative estimate of drug-likeness (QED) is 0.619. The molecule has 1 aromatic carbocycles. The Morgan fingerprint density at radius 1 is 1.22 bits per heavy atom. The summed E-state index contributed by atoms with van der Waals surface area (Å²) in [5, 5.41) is 2.97. The normalized spacial score (nSPS) is 22.1. The number of amides is 3.